The third-order valence-corrected chi connectivity index (χ3v) is 5.54. The Balaban J connectivity index is 3.22. The molecule has 0 atom stereocenters. The molecule has 1 aromatic rings. The Morgan fingerprint density at radius 3 is 2.39 bits per heavy atom. The zero-order chi connectivity index (χ0) is 14.0. The summed E-state index contributed by atoms with van der Waals surface area (Å²) >= 11 is 0.578. The number of rotatable bonds is 5. The van der Waals surface area contributed by atoms with Crippen LogP contribution >= 0.6 is 26.5 Å². The predicted molar refractivity (Wildman–Crippen MR) is 65.1 cm³/mol. The van der Waals surface area contributed by atoms with Crippen LogP contribution in [0.25, 0.3) is 0 Å². The van der Waals surface area contributed by atoms with Crippen molar-refractivity contribution in [1.29, 1.82) is 0 Å². The van der Waals surface area contributed by atoms with Gasteiger partial charge in [0.05, 0.1) is 11.8 Å². The third kappa shape index (κ3) is 3.98. The molecule has 0 saturated carbocycles. The monoisotopic (exact) mass is 316 g/mol. The van der Waals surface area contributed by atoms with E-state index >= 15 is 0 Å². The van der Waals surface area contributed by atoms with E-state index in [0.717, 1.165) is 12.5 Å². The minimum Gasteiger partial charge on any atom is -0.400 e. The van der Waals surface area contributed by atoms with Crippen molar-refractivity contribution in [2.45, 2.75) is 6.54 Å². The first-order valence-corrected chi connectivity index (χ1v) is 8.29. The van der Waals surface area contributed by atoms with Crippen LogP contribution in [0.5, 0.6) is 0 Å². The maximum absolute atomic E-state index is 11.2. The Kier molecular flexibility index (Phi) is 4.82. The lowest BCUT2D eigenvalue weighted by atomic mass is 10.5. The van der Waals surface area contributed by atoms with E-state index < -0.39 is 25.1 Å². The average molecular weight is 316 g/mol. The van der Waals surface area contributed by atoms with Gasteiger partial charge in [0.15, 0.2) is 6.40 Å². The number of thiophene rings is 1. The maximum Gasteiger partial charge on any atom is 0.366 e. The van der Waals surface area contributed by atoms with Crippen molar-refractivity contribution in [3.63, 3.8) is 0 Å². The Hall–Kier alpha value is -0.570. The first-order chi connectivity index (χ1) is 8.16. The van der Waals surface area contributed by atoms with Gasteiger partial charge in [0.2, 0.25) is 0 Å². The van der Waals surface area contributed by atoms with Gasteiger partial charge >= 0.3 is 15.2 Å². The van der Waals surface area contributed by atoms with Crippen molar-refractivity contribution in [2.75, 3.05) is 0 Å². The largest absolute Gasteiger partial charge is 0.400 e. The number of nitrogens with two attached hydrogens (primary N) is 1. The number of hydrogen-bond donors (Lipinski definition) is 5. The van der Waals surface area contributed by atoms with Gasteiger partial charge in [0.1, 0.15) is 4.62 Å². The topological polar surface area (TPSA) is 163 Å². The second-order valence-electron chi connectivity index (χ2n) is 3.06. The van der Waals surface area contributed by atoms with Gasteiger partial charge in [-0.3, -0.25) is 14.1 Å². The molecule has 0 aliphatic heterocycles. The minimum absolute atomic E-state index is 0.0370. The maximum atomic E-state index is 11.2. The van der Waals surface area contributed by atoms with Gasteiger partial charge in [-0.1, -0.05) is 0 Å². The molecule has 102 valence electrons. The summed E-state index contributed by atoms with van der Waals surface area (Å²) in [4.78, 5) is 43.7. The first-order valence-electron chi connectivity index (χ1n) is 4.25. The molecule has 0 unspecified atom stereocenters. The standard InChI is InChI=1S/C6H10N2O7P2S/c7-15-3-8-2-5-4(16(9,10)11)1-6(18-5)17(12,13)14/h1,3H,2,7H2,(H2,9,10,11)(H2,12,13,14)/b8-3+. The highest BCUT2D eigenvalue weighted by atomic mass is 32.1. The molecule has 18 heavy (non-hydrogen) atoms. The van der Waals surface area contributed by atoms with Crippen molar-refractivity contribution in [3.8, 4) is 0 Å². The molecule has 0 aliphatic rings. The molecule has 0 spiro atoms. The van der Waals surface area contributed by atoms with E-state index in [1.807, 2.05) is 0 Å². The number of nitrogens with zero attached hydrogens (tertiary/aromatic N) is 1. The lowest BCUT2D eigenvalue weighted by Crippen LogP contribution is -2.07. The average Bonchev–Trinajstić information content (AvgIpc) is 2.61. The molecule has 1 aromatic heterocycles. The third-order valence-electron chi connectivity index (χ3n) is 1.74. The highest BCUT2D eigenvalue weighted by Gasteiger charge is 2.29. The molecule has 0 radical (unpaired) electrons. The van der Waals surface area contributed by atoms with Gasteiger partial charge in [-0.05, 0) is 6.07 Å². The molecule has 9 nitrogen and oxygen atoms in total. The minimum atomic E-state index is -4.63. The molecular formula is C6H10N2O7P2S. The Labute approximate surface area is 105 Å². The fraction of sp³-hybridized carbons (Fsp3) is 0.167. The van der Waals surface area contributed by atoms with E-state index in [2.05, 4.69) is 15.7 Å². The van der Waals surface area contributed by atoms with E-state index in [1.165, 1.54) is 0 Å². The van der Waals surface area contributed by atoms with Gasteiger partial charge in [-0.2, -0.15) is 5.90 Å². The number of hydrogen-bond acceptors (Lipinski definition) is 6. The summed E-state index contributed by atoms with van der Waals surface area (Å²) in [7, 11) is -9.20. The summed E-state index contributed by atoms with van der Waals surface area (Å²) in [6.07, 6.45) is 0.848. The van der Waals surface area contributed by atoms with Gasteiger partial charge < -0.3 is 24.4 Å². The van der Waals surface area contributed by atoms with Crippen LogP contribution in [-0.4, -0.2) is 26.0 Å². The summed E-state index contributed by atoms with van der Waals surface area (Å²) in [6, 6.07) is 0.792. The zero-order valence-corrected chi connectivity index (χ0v) is 11.3. The highest BCUT2D eigenvalue weighted by Crippen LogP contribution is 2.41. The molecule has 0 amide bonds. The molecule has 0 aliphatic carbocycles. The van der Waals surface area contributed by atoms with Crippen molar-refractivity contribution in [1.82, 2.24) is 0 Å². The Morgan fingerprint density at radius 2 is 1.94 bits per heavy atom. The van der Waals surface area contributed by atoms with Gasteiger partial charge in [-0.25, -0.2) is 0 Å². The van der Waals surface area contributed by atoms with Crippen LogP contribution in [0, 0.1) is 0 Å². The molecule has 1 heterocycles. The van der Waals surface area contributed by atoms with Crippen LogP contribution in [0.15, 0.2) is 11.1 Å². The van der Waals surface area contributed by atoms with Crippen molar-refractivity contribution in [2.24, 2.45) is 10.9 Å². The molecule has 0 fully saturated rings. The molecule has 0 bridgehead atoms. The Morgan fingerprint density at radius 1 is 1.33 bits per heavy atom. The second kappa shape index (κ2) is 5.60. The van der Waals surface area contributed by atoms with E-state index in [0.29, 0.717) is 11.3 Å². The molecule has 6 N–H and O–H groups in total. The fourth-order valence-corrected chi connectivity index (χ4v) is 4.28. The second-order valence-corrected chi connectivity index (χ2v) is 7.64. The van der Waals surface area contributed by atoms with E-state index in [4.69, 9.17) is 19.6 Å². The van der Waals surface area contributed by atoms with Crippen LogP contribution in [0.1, 0.15) is 4.88 Å². The van der Waals surface area contributed by atoms with Crippen LogP contribution < -0.4 is 15.8 Å². The molecule has 0 saturated heterocycles. The molecular weight excluding hydrogens is 306 g/mol. The van der Waals surface area contributed by atoms with E-state index in [1.54, 1.807) is 0 Å². The van der Waals surface area contributed by atoms with Crippen LogP contribution in [-0.2, 0) is 20.5 Å². The van der Waals surface area contributed by atoms with E-state index in [9.17, 15) is 9.13 Å². The van der Waals surface area contributed by atoms with Crippen LogP contribution in [0.2, 0.25) is 0 Å². The summed E-state index contributed by atoms with van der Waals surface area (Å²) in [5.41, 5.74) is 0. The lowest BCUT2D eigenvalue weighted by molar-refractivity contribution is 0.336. The summed E-state index contributed by atoms with van der Waals surface area (Å²) in [5.74, 6) is 4.67. The molecule has 1 rings (SSSR count). The lowest BCUT2D eigenvalue weighted by Gasteiger charge is -2.02. The normalized spacial score (nSPS) is 13.2. The Bertz CT molecular complexity index is 544. The van der Waals surface area contributed by atoms with Crippen molar-refractivity contribution < 1.29 is 33.5 Å². The molecule has 12 heteroatoms. The van der Waals surface area contributed by atoms with Crippen LogP contribution in [0.4, 0.5) is 0 Å². The molecule has 0 aromatic carbocycles. The van der Waals surface area contributed by atoms with Gasteiger partial charge in [0.25, 0.3) is 0 Å². The zero-order valence-electron chi connectivity index (χ0n) is 8.70. The summed E-state index contributed by atoms with van der Waals surface area (Å²) < 4.78 is 21.8. The summed E-state index contributed by atoms with van der Waals surface area (Å²) in [5, 5.41) is -0.458. The number of aliphatic imine (C=N–C) groups is 1. The van der Waals surface area contributed by atoms with Crippen molar-refractivity contribution >= 4 is 42.9 Å². The fourth-order valence-electron chi connectivity index (χ4n) is 1.07. The SMILES string of the molecule is NO/C=N/Cc1sc(P(=O)(O)O)cc1P(=O)(O)O. The van der Waals surface area contributed by atoms with Crippen molar-refractivity contribution in [3.05, 3.63) is 10.9 Å². The van der Waals surface area contributed by atoms with Gasteiger partial charge in [-0.15, -0.1) is 11.3 Å². The van der Waals surface area contributed by atoms with E-state index in [-0.39, 0.29) is 11.4 Å². The smallest absolute Gasteiger partial charge is 0.366 e. The quantitative estimate of drug-likeness (QED) is 0.195. The first kappa shape index (κ1) is 15.5. The predicted octanol–water partition coefficient (Wildman–Crippen LogP) is -1.23. The van der Waals surface area contributed by atoms with Crippen LogP contribution in [0.3, 0.4) is 0 Å². The highest BCUT2D eigenvalue weighted by molar-refractivity contribution is 7.68. The van der Waals surface area contributed by atoms with Gasteiger partial charge in [0, 0.05) is 4.88 Å². The summed E-state index contributed by atoms with van der Waals surface area (Å²) in [6.45, 7) is -0.206.